The summed E-state index contributed by atoms with van der Waals surface area (Å²) in [5.74, 6) is 0.814. The third-order valence-electron chi connectivity index (χ3n) is 3.34. The van der Waals surface area contributed by atoms with Crippen LogP contribution in [0.15, 0.2) is 12.1 Å². The lowest BCUT2D eigenvalue weighted by molar-refractivity contribution is 0.669. The zero-order valence-electron chi connectivity index (χ0n) is 12.5. The minimum Gasteiger partial charge on any atom is -0.313 e. The summed E-state index contributed by atoms with van der Waals surface area (Å²) < 4.78 is 1.80. The minimum absolute atomic E-state index is 0.707. The first kappa shape index (κ1) is 15.0. The number of pyridine rings is 1. The van der Waals surface area contributed by atoms with Crippen molar-refractivity contribution in [2.45, 2.75) is 40.7 Å². The van der Waals surface area contributed by atoms with E-state index in [1.807, 2.05) is 26.8 Å². The predicted molar refractivity (Wildman–Crippen MR) is 82.6 cm³/mol. The van der Waals surface area contributed by atoms with Crippen LogP contribution in [0.2, 0.25) is 5.02 Å². The van der Waals surface area contributed by atoms with Crippen LogP contribution in [0.5, 0.6) is 0 Å². The van der Waals surface area contributed by atoms with E-state index in [-0.39, 0.29) is 0 Å². The Morgan fingerprint density at radius 3 is 2.50 bits per heavy atom. The van der Waals surface area contributed by atoms with Crippen molar-refractivity contribution in [1.82, 2.24) is 20.1 Å². The van der Waals surface area contributed by atoms with Gasteiger partial charge in [0, 0.05) is 12.2 Å². The highest BCUT2D eigenvalue weighted by molar-refractivity contribution is 6.31. The Morgan fingerprint density at radius 1 is 1.20 bits per heavy atom. The largest absolute Gasteiger partial charge is 0.313 e. The van der Waals surface area contributed by atoms with E-state index in [0.29, 0.717) is 5.02 Å². The quantitative estimate of drug-likeness (QED) is 0.860. The Morgan fingerprint density at radius 2 is 1.95 bits per heavy atom. The second-order valence-corrected chi connectivity index (χ2v) is 5.37. The van der Waals surface area contributed by atoms with Gasteiger partial charge in [-0.3, -0.25) is 0 Å². The molecule has 2 rings (SSSR count). The van der Waals surface area contributed by atoms with Gasteiger partial charge in [0.25, 0.3) is 0 Å². The standard InChI is InChI=1S/C15H21ClN4/c1-5-8-17-9-13-6-7-14(18-10(13)2)20-12(4)15(16)11(3)19-20/h6-7,17H,5,8-9H2,1-4H3. The van der Waals surface area contributed by atoms with Gasteiger partial charge in [0.2, 0.25) is 0 Å². The molecular weight excluding hydrogens is 272 g/mol. The summed E-state index contributed by atoms with van der Waals surface area (Å²) in [6, 6.07) is 4.09. The molecule has 2 aromatic heterocycles. The maximum Gasteiger partial charge on any atom is 0.153 e. The number of rotatable bonds is 5. The molecule has 0 fully saturated rings. The van der Waals surface area contributed by atoms with Gasteiger partial charge in [-0.1, -0.05) is 24.6 Å². The van der Waals surface area contributed by atoms with E-state index in [9.17, 15) is 0 Å². The molecule has 0 saturated carbocycles. The fraction of sp³-hybridized carbons (Fsp3) is 0.467. The average molecular weight is 293 g/mol. The van der Waals surface area contributed by atoms with Crippen LogP contribution < -0.4 is 5.32 Å². The van der Waals surface area contributed by atoms with Crippen LogP contribution in [0.4, 0.5) is 0 Å². The number of halogens is 1. The van der Waals surface area contributed by atoms with E-state index in [0.717, 1.165) is 42.4 Å². The summed E-state index contributed by atoms with van der Waals surface area (Å²) in [5.41, 5.74) is 4.00. The van der Waals surface area contributed by atoms with Crippen LogP contribution in [0.25, 0.3) is 5.82 Å². The Bertz CT molecular complexity index is 604. The van der Waals surface area contributed by atoms with Crippen molar-refractivity contribution in [2.75, 3.05) is 6.54 Å². The molecule has 2 aromatic rings. The molecule has 0 aromatic carbocycles. The summed E-state index contributed by atoms with van der Waals surface area (Å²) >= 11 is 6.18. The Balaban J connectivity index is 2.26. The van der Waals surface area contributed by atoms with E-state index in [2.05, 4.69) is 28.4 Å². The number of nitrogens with zero attached hydrogens (tertiary/aromatic N) is 3. The van der Waals surface area contributed by atoms with Crippen LogP contribution >= 0.6 is 11.6 Å². The van der Waals surface area contributed by atoms with Crippen molar-refractivity contribution in [3.8, 4) is 5.82 Å². The molecular formula is C15H21ClN4. The van der Waals surface area contributed by atoms with Crippen LogP contribution in [0, 0.1) is 20.8 Å². The zero-order chi connectivity index (χ0) is 14.7. The van der Waals surface area contributed by atoms with Gasteiger partial charge in [0.1, 0.15) is 0 Å². The molecule has 0 aliphatic carbocycles. The molecule has 0 unspecified atom stereocenters. The molecule has 0 spiro atoms. The molecule has 20 heavy (non-hydrogen) atoms. The zero-order valence-corrected chi connectivity index (χ0v) is 13.3. The Labute approximate surface area is 125 Å². The molecule has 0 saturated heterocycles. The van der Waals surface area contributed by atoms with Crippen molar-refractivity contribution in [3.05, 3.63) is 39.8 Å². The maximum atomic E-state index is 6.18. The van der Waals surface area contributed by atoms with E-state index in [1.54, 1.807) is 4.68 Å². The topological polar surface area (TPSA) is 42.7 Å². The van der Waals surface area contributed by atoms with Crippen molar-refractivity contribution in [1.29, 1.82) is 0 Å². The monoisotopic (exact) mass is 292 g/mol. The molecule has 4 nitrogen and oxygen atoms in total. The third kappa shape index (κ3) is 3.02. The number of aryl methyl sites for hydroxylation is 2. The number of nitrogens with one attached hydrogen (secondary N) is 1. The molecule has 0 atom stereocenters. The second kappa shape index (κ2) is 6.37. The number of hydrogen-bond acceptors (Lipinski definition) is 3. The lowest BCUT2D eigenvalue weighted by Crippen LogP contribution is -2.15. The van der Waals surface area contributed by atoms with Gasteiger partial charge in [-0.2, -0.15) is 5.10 Å². The van der Waals surface area contributed by atoms with E-state index in [1.165, 1.54) is 5.56 Å². The SMILES string of the molecule is CCCNCc1ccc(-n2nc(C)c(Cl)c2C)nc1C. The molecule has 0 bridgehead atoms. The third-order valence-corrected chi connectivity index (χ3v) is 3.89. The van der Waals surface area contributed by atoms with Gasteiger partial charge in [-0.05, 0) is 45.4 Å². The van der Waals surface area contributed by atoms with Crippen LogP contribution in [-0.4, -0.2) is 21.3 Å². The lowest BCUT2D eigenvalue weighted by atomic mass is 10.2. The molecule has 0 aliphatic heterocycles. The fourth-order valence-electron chi connectivity index (χ4n) is 2.13. The Kier molecular flexibility index (Phi) is 4.78. The van der Waals surface area contributed by atoms with Gasteiger partial charge in [0.15, 0.2) is 5.82 Å². The summed E-state index contributed by atoms with van der Waals surface area (Å²) in [6.07, 6.45) is 1.13. The number of aromatic nitrogens is 3. The Hall–Kier alpha value is -1.39. The highest BCUT2D eigenvalue weighted by Crippen LogP contribution is 2.22. The second-order valence-electron chi connectivity index (χ2n) is 4.99. The van der Waals surface area contributed by atoms with Crippen LogP contribution in [0.1, 0.15) is 36.0 Å². The smallest absolute Gasteiger partial charge is 0.153 e. The molecule has 1 N–H and O–H groups in total. The molecule has 5 heteroatoms. The first-order valence-corrected chi connectivity index (χ1v) is 7.31. The highest BCUT2D eigenvalue weighted by Gasteiger charge is 2.12. The first-order valence-electron chi connectivity index (χ1n) is 6.94. The van der Waals surface area contributed by atoms with Gasteiger partial charge >= 0.3 is 0 Å². The maximum absolute atomic E-state index is 6.18. The average Bonchev–Trinajstić information content (AvgIpc) is 2.68. The lowest BCUT2D eigenvalue weighted by Gasteiger charge is -2.09. The van der Waals surface area contributed by atoms with Crippen LogP contribution in [-0.2, 0) is 6.54 Å². The summed E-state index contributed by atoms with van der Waals surface area (Å²) in [4.78, 5) is 4.64. The van der Waals surface area contributed by atoms with Crippen molar-refractivity contribution in [2.24, 2.45) is 0 Å². The van der Waals surface area contributed by atoms with E-state index in [4.69, 9.17) is 11.6 Å². The van der Waals surface area contributed by atoms with Crippen molar-refractivity contribution < 1.29 is 0 Å². The van der Waals surface area contributed by atoms with E-state index < -0.39 is 0 Å². The number of hydrogen-bond donors (Lipinski definition) is 1. The molecule has 2 heterocycles. The fourth-order valence-corrected chi connectivity index (χ4v) is 2.25. The summed E-state index contributed by atoms with van der Waals surface area (Å²) in [5, 5.41) is 8.53. The highest BCUT2D eigenvalue weighted by atomic mass is 35.5. The molecule has 0 aliphatic rings. The summed E-state index contributed by atoms with van der Waals surface area (Å²) in [6.45, 7) is 9.92. The van der Waals surface area contributed by atoms with Crippen LogP contribution in [0.3, 0.4) is 0 Å². The molecule has 108 valence electrons. The van der Waals surface area contributed by atoms with Gasteiger partial charge in [0.05, 0.1) is 16.4 Å². The molecule has 0 amide bonds. The first-order chi connectivity index (χ1) is 9.54. The normalized spacial score (nSPS) is 11.1. The van der Waals surface area contributed by atoms with Gasteiger partial charge in [-0.25, -0.2) is 9.67 Å². The van der Waals surface area contributed by atoms with Gasteiger partial charge in [-0.15, -0.1) is 0 Å². The predicted octanol–water partition coefficient (Wildman–Crippen LogP) is 3.35. The molecule has 0 radical (unpaired) electrons. The minimum atomic E-state index is 0.707. The van der Waals surface area contributed by atoms with Gasteiger partial charge < -0.3 is 5.32 Å². The summed E-state index contributed by atoms with van der Waals surface area (Å²) in [7, 11) is 0. The van der Waals surface area contributed by atoms with E-state index >= 15 is 0 Å². The van der Waals surface area contributed by atoms with Crippen molar-refractivity contribution >= 4 is 11.6 Å². The van der Waals surface area contributed by atoms with Crippen molar-refractivity contribution in [3.63, 3.8) is 0 Å².